The van der Waals surface area contributed by atoms with Crippen molar-refractivity contribution in [3.05, 3.63) is 0 Å². The highest BCUT2D eigenvalue weighted by molar-refractivity contribution is 7.99. The fraction of sp³-hybridized carbons (Fsp3) is 0.875. The Morgan fingerprint density at radius 1 is 1.24 bits per heavy atom. The van der Waals surface area contributed by atoms with Gasteiger partial charge in [-0.15, -0.1) is 0 Å². The van der Waals surface area contributed by atoms with E-state index in [2.05, 4.69) is 12.2 Å². The summed E-state index contributed by atoms with van der Waals surface area (Å²) in [5.74, 6) is 1.65. The number of rotatable bonds is 5. The van der Waals surface area contributed by atoms with Crippen LogP contribution in [0.1, 0.15) is 58.3 Å². The van der Waals surface area contributed by atoms with Gasteiger partial charge in [-0.3, -0.25) is 4.79 Å². The number of amides is 1. The molecule has 0 radical (unpaired) electrons. The molecule has 2 aliphatic rings. The fourth-order valence-corrected chi connectivity index (χ4v) is 4.78. The molecule has 120 valence electrons. The Bertz CT molecular complexity index is 374. The molecule has 1 aliphatic heterocycles. The normalized spacial score (nSPS) is 24.2. The molecule has 0 aromatic heterocycles. The third kappa shape index (κ3) is 4.38. The lowest BCUT2D eigenvalue weighted by Gasteiger charge is -2.34. The highest BCUT2D eigenvalue weighted by Crippen LogP contribution is 2.32. The lowest BCUT2D eigenvalue weighted by Crippen LogP contribution is -2.56. The zero-order valence-electron chi connectivity index (χ0n) is 12.9. The Balaban J connectivity index is 1.88. The lowest BCUT2D eigenvalue weighted by atomic mass is 9.79. The molecular weight excluding hydrogens is 286 g/mol. The number of nitrogens with one attached hydrogen (secondary N) is 1. The number of hydrogen-bond donors (Lipinski definition) is 2. The van der Waals surface area contributed by atoms with Gasteiger partial charge in [-0.05, 0) is 36.2 Å². The molecule has 1 heterocycles. The van der Waals surface area contributed by atoms with E-state index in [9.17, 15) is 14.7 Å². The minimum absolute atomic E-state index is 0.0811. The second kappa shape index (κ2) is 7.52. The predicted octanol–water partition coefficient (Wildman–Crippen LogP) is 3.06. The third-order valence-corrected chi connectivity index (χ3v) is 6.08. The van der Waals surface area contributed by atoms with E-state index in [1.807, 2.05) is 0 Å². The number of hydrogen-bond acceptors (Lipinski definition) is 3. The highest BCUT2D eigenvalue weighted by atomic mass is 32.2. The summed E-state index contributed by atoms with van der Waals surface area (Å²) < 4.78 is 0. The number of carboxylic acids is 1. The van der Waals surface area contributed by atoms with E-state index in [1.165, 1.54) is 32.1 Å². The van der Waals surface area contributed by atoms with Crippen molar-refractivity contribution < 1.29 is 14.7 Å². The first-order chi connectivity index (χ1) is 10.0. The molecule has 0 aromatic rings. The summed E-state index contributed by atoms with van der Waals surface area (Å²) in [5.41, 5.74) is -1.02. The zero-order chi connectivity index (χ0) is 15.3. The summed E-state index contributed by atoms with van der Waals surface area (Å²) in [4.78, 5) is 23.9. The van der Waals surface area contributed by atoms with E-state index in [0.717, 1.165) is 11.5 Å². The van der Waals surface area contributed by atoms with Crippen molar-refractivity contribution in [1.29, 1.82) is 0 Å². The van der Waals surface area contributed by atoms with Gasteiger partial charge in [0.1, 0.15) is 5.54 Å². The molecule has 1 saturated heterocycles. The van der Waals surface area contributed by atoms with Crippen LogP contribution in [0.15, 0.2) is 0 Å². The van der Waals surface area contributed by atoms with Crippen LogP contribution in [0.2, 0.25) is 0 Å². The SMILES string of the molecule is CC(CC(=O)NC1(C(=O)O)CCSCC1)C1CCCCC1. The summed E-state index contributed by atoms with van der Waals surface area (Å²) in [7, 11) is 0. The van der Waals surface area contributed by atoms with E-state index >= 15 is 0 Å². The predicted molar refractivity (Wildman–Crippen MR) is 85.4 cm³/mol. The maximum atomic E-state index is 12.3. The smallest absolute Gasteiger partial charge is 0.329 e. The van der Waals surface area contributed by atoms with Crippen LogP contribution in [0.4, 0.5) is 0 Å². The van der Waals surface area contributed by atoms with Gasteiger partial charge in [-0.25, -0.2) is 4.79 Å². The van der Waals surface area contributed by atoms with Crippen molar-refractivity contribution >= 4 is 23.6 Å². The summed E-state index contributed by atoms with van der Waals surface area (Å²) in [6.07, 6.45) is 7.83. The topological polar surface area (TPSA) is 66.4 Å². The monoisotopic (exact) mass is 313 g/mol. The van der Waals surface area contributed by atoms with Gasteiger partial charge in [0.2, 0.25) is 5.91 Å². The molecule has 0 bridgehead atoms. The molecule has 1 amide bonds. The van der Waals surface area contributed by atoms with Crippen LogP contribution < -0.4 is 5.32 Å². The van der Waals surface area contributed by atoms with Crippen molar-refractivity contribution in [3.63, 3.8) is 0 Å². The van der Waals surface area contributed by atoms with E-state index in [4.69, 9.17) is 0 Å². The minimum atomic E-state index is -1.02. The molecule has 1 saturated carbocycles. The number of thioether (sulfide) groups is 1. The first-order valence-electron chi connectivity index (χ1n) is 8.16. The van der Waals surface area contributed by atoms with Gasteiger partial charge in [-0.2, -0.15) is 11.8 Å². The first kappa shape index (κ1) is 16.7. The zero-order valence-corrected chi connectivity index (χ0v) is 13.7. The average molecular weight is 313 g/mol. The summed E-state index contributed by atoms with van der Waals surface area (Å²) in [5, 5.41) is 12.3. The molecular formula is C16H27NO3S. The second-order valence-electron chi connectivity index (χ2n) is 6.63. The third-order valence-electron chi connectivity index (χ3n) is 5.10. The molecule has 21 heavy (non-hydrogen) atoms. The summed E-state index contributed by atoms with van der Waals surface area (Å²) >= 11 is 1.76. The number of aliphatic carboxylic acids is 1. The van der Waals surface area contributed by atoms with Crippen molar-refractivity contribution in [2.45, 2.75) is 63.8 Å². The molecule has 0 aromatic carbocycles. The van der Waals surface area contributed by atoms with Crippen molar-refractivity contribution in [2.75, 3.05) is 11.5 Å². The standard InChI is InChI=1S/C16H27NO3S/c1-12(13-5-3-2-4-6-13)11-14(18)17-16(15(19)20)7-9-21-10-8-16/h12-13H,2-11H2,1H3,(H,17,18)(H,19,20). The molecule has 1 aliphatic carbocycles. The van der Waals surface area contributed by atoms with Gasteiger partial charge in [0.15, 0.2) is 0 Å². The summed E-state index contributed by atoms with van der Waals surface area (Å²) in [6, 6.07) is 0. The van der Waals surface area contributed by atoms with Crippen LogP contribution in [-0.4, -0.2) is 34.0 Å². The highest BCUT2D eigenvalue weighted by Gasteiger charge is 2.41. The molecule has 0 spiro atoms. The molecule has 5 heteroatoms. The van der Waals surface area contributed by atoms with Gasteiger partial charge < -0.3 is 10.4 Å². The van der Waals surface area contributed by atoms with Crippen molar-refractivity contribution in [3.8, 4) is 0 Å². The van der Waals surface area contributed by atoms with E-state index < -0.39 is 11.5 Å². The first-order valence-corrected chi connectivity index (χ1v) is 9.31. The average Bonchev–Trinajstić information content (AvgIpc) is 2.48. The Morgan fingerprint density at radius 2 is 1.86 bits per heavy atom. The number of carbonyl (C=O) groups is 2. The van der Waals surface area contributed by atoms with Crippen LogP contribution in [0.5, 0.6) is 0 Å². The molecule has 4 nitrogen and oxygen atoms in total. The van der Waals surface area contributed by atoms with Gasteiger partial charge in [0, 0.05) is 6.42 Å². The van der Waals surface area contributed by atoms with Crippen LogP contribution in [-0.2, 0) is 9.59 Å². The lowest BCUT2D eigenvalue weighted by molar-refractivity contribution is -0.148. The van der Waals surface area contributed by atoms with E-state index in [-0.39, 0.29) is 5.91 Å². The maximum Gasteiger partial charge on any atom is 0.329 e. The van der Waals surface area contributed by atoms with Gasteiger partial charge in [0.05, 0.1) is 0 Å². The molecule has 1 atom stereocenters. The van der Waals surface area contributed by atoms with Crippen molar-refractivity contribution in [2.24, 2.45) is 11.8 Å². The van der Waals surface area contributed by atoms with Gasteiger partial charge in [-0.1, -0.05) is 39.0 Å². The molecule has 2 N–H and O–H groups in total. The Labute approximate surface area is 131 Å². The Hall–Kier alpha value is -0.710. The van der Waals surface area contributed by atoms with E-state index in [0.29, 0.717) is 31.1 Å². The van der Waals surface area contributed by atoms with Gasteiger partial charge in [0.25, 0.3) is 0 Å². The number of carbonyl (C=O) groups excluding carboxylic acids is 1. The van der Waals surface area contributed by atoms with Crippen molar-refractivity contribution in [1.82, 2.24) is 5.32 Å². The summed E-state index contributed by atoms with van der Waals surface area (Å²) in [6.45, 7) is 2.14. The molecule has 2 fully saturated rings. The van der Waals surface area contributed by atoms with Gasteiger partial charge >= 0.3 is 5.97 Å². The van der Waals surface area contributed by atoms with Crippen LogP contribution in [0, 0.1) is 11.8 Å². The Morgan fingerprint density at radius 3 is 2.43 bits per heavy atom. The van der Waals surface area contributed by atoms with Crippen LogP contribution >= 0.6 is 11.8 Å². The molecule has 1 unspecified atom stereocenters. The minimum Gasteiger partial charge on any atom is -0.480 e. The van der Waals surface area contributed by atoms with E-state index in [1.54, 1.807) is 11.8 Å². The second-order valence-corrected chi connectivity index (χ2v) is 7.85. The van der Waals surface area contributed by atoms with Crippen LogP contribution in [0.3, 0.4) is 0 Å². The fourth-order valence-electron chi connectivity index (χ4n) is 3.59. The van der Waals surface area contributed by atoms with Crippen LogP contribution in [0.25, 0.3) is 0 Å². The number of carboxylic acid groups (broad SMARTS) is 1. The quantitative estimate of drug-likeness (QED) is 0.818. The largest absolute Gasteiger partial charge is 0.480 e. The maximum absolute atomic E-state index is 12.3. The Kier molecular flexibility index (Phi) is 5.97. The molecule has 2 rings (SSSR count).